The van der Waals surface area contributed by atoms with Crippen LogP contribution in [0.3, 0.4) is 0 Å². The minimum atomic E-state index is -1.51. The Kier molecular flexibility index (Phi) is 56.2. The molecule has 9 heteroatoms. The highest BCUT2D eigenvalue weighted by atomic mass is 16.7. The largest absolute Gasteiger partial charge is 0.477 e. The molecule has 0 amide bonds. The second-order valence-electron chi connectivity index (χ2n) is 23.4. The van der Waals surface area contributed by atoms with Gasteiger partial charge in [0.25, 0.3) is 6.29 Å². The van der Waals surface area contributed by atoms with E-state index in [-0.39, 0.29) is 38.2 Å². The minimum absolute atomic E-state index is 0.176. The van der Waals surface area contributed by atoms with Crippen LogP contribution in [0.1, 0.15) is 322 Å². The first-order valence-electron chi connectivity index (χ1n) is 32.5. The number of aliphatic carboxylic acids is 1. The van der Waals surface area contributed by atoms with Crippen molar-refractivity contribution in [1.29, 1.82) is 0 Å². The zero-order chi connectivity index (χ0) is 54.8. The molecule has 442 valence electrons. The van der Waals surface area contributed by atoms with Gasteiger partial charge in [0, 0.05) is 12.8 Å². The lowest BCUT2D eigenvalue weighted by Gasteiger charge is -2.25. The van der Waals surface area contributed by atoms with Gasteiger partial charge in [0.2, 0.25) is 0 Å². The molecule has 0 rings (SSSR count). The Morgan fingerprint density at radius 3 is 1.05 bits per heavy atom. The molecule has 2 atom stereocenters. The average molecular weight is 1060 g/mol. The molecule has 0 aliphatic rings. The number of carboxylic acids is 1. The van der Waals surface area contributed by atoms with Crippen molar-refractivity contribution >= 4 is 17.9 Å². The van der Waals surface area contributed by atoms with Crippen molar-refractivity contribution in [2.75, 3.05) is 47.5 Å². The molecular weight excluding hydrogens is 935 g/mol. The highest BCUT2D eigenvalue weighted by Gasteiger charge is 2.25. The number of likely N-dealkylation sites (N-methyl/N-ethyl adjacent to an activating group) is 1. The van der Waals surface area contributed by atoms with Gasteiger partial charge in [-0.05, 0) is 44.9 Å². The summed E-state index contributed by atoms with van der Waals surface area (Å²) in [5, 5.41) is 9.73. The number of unbranched alkanes of at least 4 members (excludes halogenated alkanes) is 42. The second-order valence-corrected chi connectivity index (χ2v) is 23.4. The number of rotatable bonds is 61. The van der Waals surface area contributed by atoms with Crippen LogP contribution in [0.15, 0.2) is 24.3 Å². The van der Waals surface area contributed by atoms with Crippen molar-refractivity contribution < 1.29 is 42.9 Å². The normalized spacial score (nSPS) is 12.8. The number of quaternary nitrogens is 1. The van der Waals surface area contributed by atoms with E-state index >= 15 is 0 Å². The number of hydrogen-bond acceptors (Lipinski definition) is 7. The SMILES string of the molecule is CCCCCCC/C=C\C/C=C\CCCCCCCCCCCCCCCC(=O)OC(COC(=O)CCCCCCCCCCCCCCCCCCCCCCCCCCC)COC(OCC[N+](C)(C)C)C(=O)O. The van der Waals surface area contributed by atoms with Gasteiger partial charge in [-0.2, -0.15) is 0 Å². The van der Waals surface area contributed by atoms with Crippen LogP contribution < -0.4 is 0 Å². The number of ether oxygens (including phenoxy) is 4. The maximum absolute atomic E-state index is 12.9. The summed E-state index contributed by atoms with van der Waals surface area (Å²) in [6.07, 6.45) is 67.0. The van der Waals surface area contributed by atoms with Crippen molar-refractivity contribution in [3.05, 3.63) is 24.3 Å². The van der Waals surface area contributed by atoms with Crippen LogP contribution in [-0.2, 0) is 33.3 Å². The van der Waals surface area contributed by atoms with E-state index < -0.39 is 18.4 Å². The summed E-state index contributed by atoms with van der Waals surface area (Å²) in [4.78, 5) is 37.5. The maximum Gasteiger partial charge on any atom is 0.361 e. The molecule has 1 N–H and O–H groups in total. The molecule has 2 unspecified atom stereocenters. The Balaban J connectivity index is 4.13. The van der Waals surface area contributed by atoms with Gasteiger partial charge in [0.1, 0.15) is 13.2 Å². The molecule has 0 fully saturated rings. The van der Waals surface area contributed by atoms with Crippen molar-refractivity contribution in [1.82, 2.24) is 0 Å². The molecular formula is C66H126NO8+. The van der Waals surface area contributed by atoms with E-state index in [0.29, 0.717) is 17.4 Å². The summed E-state index contributed by atoms with van der Waals surface area (Å²) in [5.74, 6) is -1.98. The summed E-state index contributed by atoms with van der Waals surface area (Å²) in [7, 11) is 5.99. The van der Waals surface area contributed by atoms with E-state index in [1.165, 1.54) is 250 Å². The fraction of sp³-hybridized carbons (Fsp3) is 0.894. The van der Waals surface area contributed by atoms with Gasteiger partial charge in [-0.15, -0.1) is 0 Å². The van der Waals surface area contributed by atoms with Crippen molar-refractivity contribution in [3.63, 3.8) is 0 Å². The Labute approximate surface area is 465 Å². The minimum Gasteiger partial charge on any atom is -0.477 e. The number of hydrogen-bond donors (Lipinski definition) is 1. The number of esters is 2. The lowest BCUT2D eigenvalue weighted by molar-refractivity contribution is -0.870. The van der Waals surface area contributed by atoms with E-state index in [0.717, 1.165) is 44.9 Å². The molecule has 0 saturated heterocycles. The summed E-state index contributed by atoms with van der Waals surface area (Å²) in [6.45, 7) is 4.93. The van der Waals surface area contributed by atoms with E-state index in [1.54, 1.807) is 0 Å². The van der Waals surface area contributed by atoms with Crippen molar-refractivity contribution in [3.8, 4) is 0 Å². The topological polar surface area (TPSA) is 108 Å². The van der Waals surface area contributed by atoms with Crippen LogP contribution >= 0.6 is 0 Å². The lowest BCUT2D eigenvalue weighted by Crippen LogP contribution is -2.40. The van der Waals surface area contributed by atoms with E-state index in [2.05, 4.69) is 38.2 Å². The Morgan fingerprint density at radius 1 is 0.400 bits per heavy atom. The number of nitrogens with zero attached hydrogens (tertiary/aromatic N) is 1. The smallest absolute Gasteiger partial charge is 0.361 e. The molecule has 0 saturated carbocycles. The molecule has 0 spiro atoms. The van der Waals surface area contributed by atoms with E-state index in [1.807, 2.05) is 21.1 Å². The highest BCUT2D eigenvalue weighted by Crippen LogP contribution is 2.18. The van der Waals surface area contributed by atoms with Gasteiger partial charge in [0.05, 0.1) is 34.4 Å². The van der Waals surface area contributed by atoms with Crippen LogP contribution in [0, 0.1) is 0 Å². The van der Waals surface area contributed by atoms with E-state index in [9.17, 15) is 19.5 Å². The first-order valence-corrected chi connectivity index (χ1v) is 32.5. The molecule has 0 aliphatic carbocycles. The molecule has 0 aromatic rings. The molecule has 9 nitrogen and oxygen atoms in total. The third-order valence-electron chi connectivity index (χ3n) is 14.7. The summed E-state index contributed by atoms with van der Waals surface area (Å²) in [6, 6.07) is 0. The number of allylic oxidation sites excluding steroid dienone is 4. The number of carbonyl (C=O) groups excluding carboxylic acids is 2. The fourth-order valence-corrected chi connectivity index (χ4v) is 9.70. The monoisotopic (exact) mass is 1060 g/mol. The number of carboxylic acid groups (broad SMARTS) is 1. The zero-order valence-electron chi connectivity index (χ0n) is 50.5. The Hall–Kier alpha value is -2.23. The molecule has 0 aromatic carbocycles. The third-order valence-corrected chi connectivity index (χ3v) is 14.7. The first kappa shape index (κ1) is 72.8. The summed E-state index contributed by atoms with van der Waals surface area (Å²) in [5.41, 5.74) is 0. The standard InChI is InChI=1S/C66H125NO8/c1-6-8-10-12-14-16-18-20-22-24-26-28-30-32-34-36-38-40-42-44-46-48-50-52-54-56-63(68)73-60-62(61-74-66(65(70)71)72-59-58-67(3,4)5)75-64(69)57-55-53-51-49-47-45-43-41-39-37-35-33-31-29-27-25-23-21-19-17-15-13-11-9-7-2/h19,21,25,27,62,66H,6-18,20,22-24,26,28-61H2,1-5H3/p+1/b21-19-,27-25-. The van der Waals surface area contributed by atoms with Gasteiger partial charge >= 0.3 is 17.9 Å². The van der Waals surface area contributed by atoms with Gasteiger partial charge in [-0.25, -0.2) is 4.79 Å². The Morgan fingerprint density at radius 2 is 0.720 bits per heavy atom. The van der Waals surface area contributed by atoms with Crippen LogP contribution in [0.5, 0.6) is 0 Å². The molecule has 0 bridgehead atoms. The molecule has 0 aromatic heterocycles. The van der Waals surface area contributed by atoms with Gasteiger partial charge in [0.15, 0.2) is 6.10 Å². The Bertz CT molecular complexity index is 1280. The van der Waals surface area contributed by atoms with Gasteiger partial charge < -0.3 is 28.5 Å². The van der Waals surface area contributed by atoms with Crippen LogP contribution in [0.2, 0.25) is 0 Å². The lowest BCUT2D eigenvalue weighted by atomic mass is 10.0. The quantitative estimate of drug-likeness (QED) is 0.0211. The van der Waals surface area contributed by atoms with Crippen LogP contribution in [0.25, 0.3) is 0 Å². The predicted octanol–water partition coefficient (Wildman–Crippen LogP) is 19.5. The molecule has 0 heterocycles. The van der Waals surface area contributed by atoms with E-state index in [4.69, 9.17) is 18.9 Å². The third kappa shape index (κ3) is 59.3. The molecule has 0 aliphatic heterocycles. The molecule has 75 heavy (non-hydrogen) atoms. The predicted molar refractivity (Wildman–Crippen MR) is 318 cm³/mol. The zero-order valence-corrected chi connectivity index (χ0v) is 50.5. The van der Waals surface area contributed by atoms with Crippen LogP contribution in [0.4, 0.5) is 0 Å². The van der Waals surface area contributed by atoms with Gasteiger partial charge in [-0.1, -0.05) is 289 Å². The number of carbonyl (C=O) groups is 3. The average Bonchev–Trinajstić information content (AvgIpc) is 3.38. The van der Waals surface area contributed by atoms with Crippen molar-refractivity contribution in [2.45, 2.75) is 334 Å². The van der Waals surface area contributed by atoms with Crippen LogP contribution in [-0.4, -0.2) is 87.4 Å². The van der Waals surface area contributed by atoms with Crippen molar-refractivity contribution in [2.24, 2.45) is 0 Å². The maximum atomic E-state index is 12.9. The van der Waals surface area contributed by atoms with Gasteiger partial charge in [-0.3, -0.25) is 9.59 Å². The summed E-state index contributed by atoms with van der Waals surface area (Å²) >= 11 is 0. The molecule has 0 radical (unpaired) electrons. The first-order chi connectivity index (χ1) is 36.6. The fourth-order valence-electron chi connectivity index (χ4n) is 9.70. The highest BCUT2D eigenvalue weighted by molar-refractivity contribution is 5.71. The summed E-state index contributed by atoms with van der Waals surface area (Å²) < 4.78 is 23.0. The second kappa shape index (κ2) is 57.9.